The zero-order valence-electron chi connectivity index (χ0n) is 14.6. The summed E-state index contributed by atoms with van der Waals surface area (Å²) < 4.78 is 6.66. The molecule has 0 radical (unpaired) electrons. The summed E-state index contributed by atoms with van der Waals surface area (Å²) in [5, 5.41) is 11.6. The molecule has 2 rings (SSSR count). The molecule has 0 unspecified atom stereocenters. The molecule has 128 valence electrons. The first-order chi connectivity index (χ1) is 10.3. The predicted molar refractivity (Wildman–Crippen MR) is 87.0 cm³/mol. The van der Waals surface area contributed by atoms with E-state index in [0.717, 1.165) is 43.3 Å². The molecule has 0 aromatic carbocycles. The first-order valence-corrected chi connectivity index (χ1v) is 8.67. The molecule has 2 N–H and O–H groups in total. The number of quaternary nitrogens is 1. The molecule has 2 fully saturated rings. The number of hydrogen-bond donors (Lipinski definition) is 2. The lowest BCUT2D eigenvalue weighted by atomic mass is 9.83. The Bertz CT molecular complexity index is 376. The average Bonchev–Trinajstić information content (AvgIpc) is 2.46. The standard InChI is InChI=1S/C17H32N2O3/c1-17(2,3)19(14-5-7-15(22-4)8-6-14)11-9-13(10-12-19)18-16(20)21/h13-15,18H,5-12H2,1-4H3/p+1. The van der Waals surface area contributed by atoms with E-state index in [9.17, 15) is 4.79 Å². The maximum absolute atomic E-state index is 10.9. The van der Waals surface area contributed by atoms with Gasteiger partial charge in [0, 0.05) is 38.8 Å². The van der Waals surface area contributed by atoms with Gasteiger partial charge < -0.3 is 19.6 Å². The molecular weight excluding hydrogens is 280 g/mol. The number of nitrogens with one attached hydrogen (secondary N) is 1. The second kappa shape index (κ2) is 6.75. The van der Waals surface area contributed by atoms with E-state index in [0.29, 0.717) is 12.1 Å². The average molecular weight is 313 g/mol. The van der Waals surface area contributed by atoms with Crippen LogP contribution in [-0.4, -0.2) is 59.6 Å². The number of carboxylic acid groups (broad SMARTS) is 1. The van der Waals surface area contributed by atoms with Crippen LogP contribution >= 0.6 is 0 Å². The van der Waals surface area contributed by atoms with Crippen molar-refractivity contribution >= 4 is 6.09 Å². The van der Waals surface area contributed by atoms with Crippen molar-refractivity contribution in [3.63, 3.8) is 0 Å². The Labute approximate surface area is 134 Å². The molecule has 1 saturated heterocycles. The van der Waals surface area contributed by atoms with Gasteiger partial charge in [-0.25, -0.2) is 4.79 Å². The van der Waals surface area contributed by atoms with Crippen LogP contribution in [0, 0.1) is 0 Å². The van der Waals surface area contributed by atoms with Gasteiger partial charge in [0.1, 0.15) is 0 Å². The molecule has 1 saturated carbocycles. The van der Waals surface area contributed by atoms with Crippen molar-refractivity contribution in [2.75, 3.05) is 20.2 Å². The maximum atomic E-state index is 10.9. The van der Waals surface area contributed by atoms with Gasteiger partial charge in [-0.05, 0) is 33.6 Å². The Balaban J connectivity index is 2.06. The van der Waals surface area contributed by atoms with Crippen LogP contribution in [0.2, 0.25) is 0 Å². The van der Waals surface area contributed by atoms with Crippen molar-refractivity contribution in [3.05, 3.63) is 0 Å². The molecule has 0 spiro atoms. The van der Waals surface area contributed by atoms with E-state index in [1.54, 1.807) is 0 Å². The van der Waals surface area contributed by atoms with E-state index in [-0.39, 0.29) is 11.6 Å². The summed E-state index contributed by atoms with van der Waals surface area (Å²) in [7, 11) is 1.82. The molecular formula is C17H33N2O3+. The number of piperidine rings is 1. The van der Waals surface area contributed by atoms with E-state index >= 15 is 0 Å². The highest BCUT2D eigenvalue weighted by Crippen LogP contribution is 2.39. The molecule has 0 atom stereocenters. The lowest BCUT2D eigenvalue weighted by Crippen LogP contribution is -2.70. The van der Waals surface area contributed by atoms with Crippen LogP contribution in [0.15, 0.2) is 0 Å². The van der Waals surface area contributed by atoms with Crippen molar-refractivity contribution in [2.24, 2.45) is 0 Å². The van der Waals surface area contributed by atoms with Crippen LogP contribution in [0.3, 0.4) is 0 Å². The van der Waals surface area contributed by atoms with Crippen molar-refractivity contribution in [3.8, 4) is 0 Å². The number of ether oxygens (including phenoxy) is 1. The third-order valence-corrected chi connectivity index (χ3v) is 6.09. The minimum Gasteiger partial charge on any atom is -0.465 e. The summed E-state index contributed by atoms with van der Waals surface area (Å²) in [5.74, 6) is 0. The predicted octanol–water partition coefficient (Wildman–Crippen LogP) is 2.99. The molecule has 1 aliphatic carbocycles. The Hall–Kier alpha value is -0.810. The molecule has 1 heterocycles. The number of rotatable bonds is 3. The van der Waals surface area contributed by atoms with Crippen molar-refractivity contribution in [1.82, 2.24) is 5.32 Å². The molecule has 0 bridgehead atoms. The number of amides is 1. The summed E-state index contributed by atoms with van der Waals surface area (Å²) in [4.78, 5) is 10.9. The third-order valence-electron chi connectivity index (χ3n) is 6.09. The molecule has 5 nitrogen and oxygen atoms in total. The minimum absolute atomic E-state index is 0.126. The molecule has 1 amide bonds. The van der Waals surface area contributed by atoms with Crippen LogP contribution in [0.25, 0.3) is 0 Å². The second-order valence-electron chi connectivity index (χ2n) is 8.04. The van der Waals surface area contributed by atoms with Crippen LogP contribution in [0.5, 0.6) is 0 Å². The highest BCUT2D eigenvalue weighted by atomic mass is 16.5. The molecule has 0 aromatic rings. The summed E-state index contributed by atoms with van der Waals surface area (Å²) in [6.07, 6.45) is 6.23. The molecule has 5 heteroatoms. The largest absolute Gasteiger partial charge is 0.465 e. The number of hydrogen-bond acceptors (Lipinski definition) is 2. The molecule has 0 aromatic heterocycles. The first kappa shape index (κ1) is 17.5. The second-order valence-corrected chi connectivity index (χ2v) is 8.04. The lowest BCUT2D eigenvalue weighted by Gasteiger charge is -2.57. The smallest absolute Gasteiger partial charge is 0.404 e. The zero-order chi connectivity index (χ0) is 16.4. The van der Waals surface area contributed by atoms with Gasteiger partial charge in [-0.2, -0.15) is 0 Å². The van der Waals surface area contributed by atoms with E-state index in [1.165, 1.54) is 12.8 Å². The number of likely N-dealkylation sites (tertiary alicyclic amines) is 1. The fourth-order valence-corrected chi connectivity index (χ4v) is 4.71. The van der Waals surface area contributed by atoms with E-state index in [1.807, 2.05) is 7.11 Å². The normalized spacial score (nSPS) is 36.8. The minimum atomic E-state index is -0.888. The molecule has 2 aliphatic rings. The fraction of sp³-hybridized carbons (Fsp3) is 0.941. The SMILES string of the molecule is COC1CCC([N+]2(C(C)(C)C)CCC(NC(=O)O)CC2)CC1. The summed E-state index contributed by atoms with van der Waals surface area (Å²) in [5.41, 5.74) is 0.207. The summed E-state index contributed by atoms with van der Waals surface area (Å²) in [6.45, 7) is 9.20. The van der Waals surface area contributed by atoms with Crippen LogP contribution in [0.4, 0.5) is 4.79 Å². The summed E-state index contributed by atoms with van der Waals surface area (Å²) >= 11 is 0. The summed E-state index contributed by atoms with van der Waals surface area (Å²) in [6, 6.07) is 0.818. The van der Waals surface area contributed by atoms with Gasteiger partial charge in [-0.15, -0.1) is 0 Å². The quantitative estimate of drug-likeness (QED) is 0.788. The Kier molecular flexibility index (Phi) is 5.38. The van der Waals surface area contributed by atoms with Gasteiger partial charge in [0.25, 0.3) is 0 Å². The van der Waals surface area contributed by atoms with Gasteiger partial charge in [0.2, 0.25) is 0 Å². The Morgan fingerprint density at radius 3 is 2.05 bits per heavy atom. The van der Waals surface area contributed by atoms with Gasteiger partial charge in [0.15, 0.2) is 0 Å². The number of methoxy groups -OCH3 is 1. The Morgan fingerprint density at radius 1 is 1.09 bits per heavy atom. The fourth-order valence-electron chi connectivity index (χ4n) is 4.71. The van der Waals surface area contributed by atoms with Crippen LogP contribution in [0.1, 0.15) is 59.3 Å². The third kappa shape index (κ3) is 3.57. The van der Waals surface area contributed by atoms with E-state index in [2.05, 4.69) is 26.1 Å². The van der Waals surface area contributed by atoms with Crippen molar-refractivity contribution < 1.29 is 19.1 Å². The van der Waals surface area contributed by atoms with Crippen LogP contribution < -0.4 is 5.32 Å². The van der Waals surface area contributed by atoms with E-state index in [4.69, 9.17) is 9.84 Å². The van der Waals surface area contributed by atoms with Gasteiger partial charge in [0.05, 0.1) is 30.8 Å². The van der Waals surface area contributed by atoms with Crippen LogP contribution in [-0.2, 0) is 4.74 Å². The van der Waals surface area contributed by atoms with Gasteiger partial charge in [-0.1, -0.05) is 0 Å². The number of carbonyl (C=O) groups is 1. The van der Waals surface area contributed by atoms with Crippen molar-refractivity contribution in [1.29, 1.82) is 0 Å². The topological polar surface area (TPSA) is 58.6 Å². The highest BCUT2D eigenvalue weighted by molar-refractivity contribution is 5.64. The maximum Gasteiger partial charge on any atom is 0.404 e. The van der Waals surface area contributed by atoms with Crippen molar-refractivity contribution in [2.45, 2.75) is 83.0 Å². The van der Waals surface area contributed by atoms with Gasteiger partial charge in [-0.3, -0.25) is 0 Å². The highest BCUT2D eigenvalue weighted by Gasteiger charge is 2.49. The lowest BCUT2D eigenvalue weighted by molar-refractivity contribution is -0.997. The van der Waals surface area contributed by atoms with E-state index < -0.39 is 6.09 Å². The molecule has 1 aliphatic heterocycles. The Morgan fingerprint density at radius 2 is 1.64 bits per heavy atom. The molecule has 22 heavy (non-hydrogen) atoms. The zero-order valence-corrected chi connectivity index (χ0v) is 14.6. The monoisotopic (exact) mass is 313 g/mol. The van der Waals surface area contributed by atoms with Gasteiger partial charge >= 0.3 is 6.09 Å². The first-order valence-electron chi connectivity index (χ1n) is 8.67. The number of nitrogens with zero attached hydrogens (tertiary/aromatic N) is 1.